The van der Waals surface area contributed by atoms with Crippen molar-refractivity contribution in [3.05, 3.63) is 29.8 Å². The minimum absolute atomic E-state index is 0.135. The number of morpholine rings is 1. The predicted molar refractivity (Wildman–Crippen MR) is 112 cm³/mol. The standard InChI is InChI=1S/C18H25N5O6S2/c1-14(19-17-15-4-2-3-5-16(15)30(25,26)20-17)18(24)21-6-8-22(9-7-21)31(27,28)23-10-12-29-13-11-23/h2-5,14H,6-13H2,1H3,(H,19,20)/t14-/m0/s1. The van der Waals surface area contributed by atoms with E-state index in [4.69, 9.17) is 4.74 Å². The molecule has 0 spiro atoms. The number of amidine groups is 1. The maximum absolute atomic E-state index is 12.9. The second kappa shape index (κ2) is 8.47. The molecular weight excluding hydrogens is 446 g/mol. The fourth-order valence-electron chi connectivity index (χ4n) is 3.82. The molecule has 0 radical (unpaired) electrons. The molecule has 3 aliphatic rings. The molecule has 1 atom stereocenters. The van der Waals surface area contributed by atoms with Gasteiger partial charge in [-0.15, -0.1) is 0 Å². The van der Waals surface area contributed by atoms with Gasteiger partial charge in [0.05, 0.1) is 18.1 Å². The van der Waals surface area contributed by atoms with E-state index in [-0.39, 0.29) is 42.8 Å². The zero-order chi connectivity index (χ0) is 22.2. The fraction of sp³-hybridized carbons (Fsp3) is 0.556. The van der Waals surface area contributed by atoms with Gasteiger partial charge in [0.25, 0.3) is 20.2 Å². The molecule has 2 fully saturated rings. The van der Waals surface area contributed by atoms with Crippen molar-refractivity contribution in [2.24, 2.45) is 4.99 Å². The lowest BCUT2D eigenvalue weighted by molar-refractivity contribution is -0.133. The summed E-state index contributed by atoms with van der Waals surface area (Å²) < 4.78 is 60.4. The number of nitrogens with one attached hydrogen (secondary N) is 1. The normalized spacial score (nSPS) is 24.5. The van der Waals surface area contributed by atoms with Crippen LogP contribution in [-0.4, -0.2) is 101 Å². The van der Waals surface area contributed by atoms with Crippen LogP contribution in [0.4, 0.5) is 0 Å². The van der Waals surface area contributed by atoms with Crippen molar-refractivity contribution < 1.29 is 26.4 Å². The van der Waals surface area contributed by atoms with Crippen LogP contribution in [0.5, 0.6) is 0 Å². The average molecular weight is 472 g/mol. The first kappa shape index (κ1) is 22.1. The fourth-order valence-corrected chi connectivity index (χ4v) is 6.62. The third-order valence-electron chi connectivity index (χ3n) is 5.52. The Morgan fingerprint density at radius 1 is 1.06 bits per heavy atom. The highest BCUT2D eigenvalue weighted by atomic mass is 32.2. The molecule has 31 heavy (non-hydrogen) atoms. The molecule has 1 aromatic carbocycles. The molecule has 1 N–H and O–H groups in total. The first-order chi connectivity index (χ1) is 14.7. The van der Waals surface area contributed by atoms with Crippen LogP contribution < -0.4 is 4.72 Å². The summed E-state index contributed by atoms with van der Waals surface area (Å²) >= 11 is 0. The molecule has 2 saturated heterocycles. The molecule has 0 bridgehead atoms. The van der Waals surface area contributed by atoms with Crippen LogP contribution in [0.2, 0.25) is 0 Å². The first-order valence-electron chi connectivity index (χ1n) is 10.0. The molecular formula is C18H25N5O6S2. The lowest BCUT2D eigenvalue weighted by Crippen LogP contribution is -2.56. The van der Waals surface area contributed by atoms with E-state index in [2.05, 4.69) is 9.71 Å². The highest BCUT2D eigenvalue weighted by Gasteiger charge is 2.36. The van der Waals surface area contributed by atoms with Gasteiger partial charge in [-0.3, -0.25) is 14.5 Å². The number of piperazine rings is 1. The van der Waals surface area contributed by atoms with Crippen molar-refractivity contribution in [3.63, 3.8) is 0 Å². The topological polar surface area (TPSA) is 129 Å². The van der Waals surface area contributed by atoms with Gasteiger partial charge in [0.2, 0.25) is 5.91 Å². The Labute approximate surface area is 181 Å². The van der Waals surface area contributed by atoms with Crippen LogP contribution in [0.1, 0.15) is 12.5 Å². The quantitative estimate of drug-likeness (QED) is 0.590. The van der Waals surface area contributed by atoms with Crippen LogP contribution >= 0.6 is 0 Å². The lowest BCUT2D eigenvalue weighted by atomic mass is 10.2. The molecule has 1 aromatic rings. The van der Waals surface area contributed by atoms with Gasteiger partial charge in [-0.1, -0.05) is 12.1 Å². The van der Waals surface area contributed by atoms with Gasteiger partial charge in [0.1, 0.15) is 11.9 Å². The molecule has 0 aromatic heterocycles. The Kier molecular flexibility index (Phi) is 6.05. The summed E-state index contributed by atoms with van der Waals surface area (Å²) in [5, 5.41) is 0. The molecule has 11 nitrogen and oxygen atoms in total. The lowest BCUT2D eigenvalue weighted by Gasteiger charge is -2.38. The van der Waals surface area contributed by atoms with Crippen LogP contribution in [0.3, 0.4) is 0 Å². The van der Waals surface area contributed by atoms with Crippen molar-refractivity contribution >= 4 is 32.0 Å². The van der Waals surface area contributed by atoms with E-state index in [1.807, 2.05) is 0 Å². The summed E-state index contributed by atoms with van der Waals surface area (Å²) in [6, 6.07) is 5.64. The van der Waals surface area contributed by atoms with E-state index in [0.717, 1.165) is 0 Å². The number of hydrogen-bond donors (Lipinski definition) is 1. The zero-order valence-electron chi connectivity index (χ0n) is 17.1. The van der Waals surface area contributed by atoms with Crippen molar-refractivity contribution in [3.8, 4) is 0 Å². The van der Waals surface area contributed by atoms with Crippen LogP contribution in [0, 0.1) is 0 Å². The number of sulfonamides is 1. The van der Waals surface area contributed by atoms with Gasteiger partial charge >= 0.3 is 0 Å². The molecule has 0 saturated carbocycles. The molecule has 13 heteroatoms. The Bertz CT molecular complexity index is 1090. The Balaban J connectivity index is 1.41. The largest absolute Gasteiger partial charge is 0.379 e. The van der Waals surface area contributed by atoms with Gasteiger partial charge in [0.15, 0.2) is 0 Å². The van der Waals surface area contributed by atoms with E-state index >= 15 is 0 Å². The molecule has 1 amide bonds. The Hall–Kier alpha value is -2.06. The van der Waals surface area contributed by atoms with Crippen molar-refractivity contribution in [1.82, 2.24) is 18.2 Å². The highest BCUT2D eigenvalue weighted by Crippen LogP contribution is 2.23. The zero-order valence-corrected chi connectivity index (χ0v) is 18.7. The van der Waals surface area contributed by atoms with E-state index in [1.165, 1.54) is 14.7 Å². The minimum atomic E-state index is -3.68. The summed E-state index contributed by atoms with van der Waals surface area (Å²) in [7, 11) is -7.25. The number of aliphatic imine (C=N–C) groups is 1. The molecule has 0 unspecified atom stereocenters. The maximum atomic E-state index is 12.9. The second-order valence-corrected chi connectivity index (χ2v) is 11.1. The first-order valence-corrected chi connectivity index (χ1v) is 12.9. The maximum Gasteiger partial charge on any atom is 0.282 e. The van der Waals surface area contributed by atoms with Gasteiger partial charge < -0.3 is 9.64 Å². The second-order valence-electron chi connectivity index (χ2n) is 7.50. The van der Waals surface area contributed by atoms with Crippen molar-refractivity contribution in [2.75, 3.05) is 52.5 Å². The van der Waals surface area contributed by atoms with Gasteiger partial charge in [-0.05, 0) is 19.1 Å². The summed E-state index contributed by atoms with van der Waals surface area (Å²) in [5.74, 6) is -0.135. The van der Waals surface area contributed by atoms with Gasteiger partial charge in [-0.25, -0.2) is 8.42 Å². The van der Waals surface area contributed by atoms with E-state index in [9.17, 15) is 21.6 Å². The molecule has 0 aliphatic carbocycles. The molecule has 3 aliphatic heterocycles. The third kappa shape index (κ3) is 4.32. The average Bonchev–Trinajstić information content (AvgIpc) is 3.04. The Morgan fingerprint density at radius 2 is 1.68 bits per heavy atom. The number of ether oxygens (including phenoxy) is 1. The number of carbonyl (C=O) groups is 1. The van der Waals surface area contributed by atoms with Crippen LogP contribution in [0.25, 0.3) is 0 Å². The number of carbonyl (C=O) groups excluding carboxylic acids is 1. The van der Waals surface area contributed by atoms with Crippen LogP contribution in [-0.2, 0) is 29.8 Å². The molecule has 170 valence electrons. The molecule has 3 heterocycles. The summed E-state index contributed by atoms with van der Waals surface area (Å²) in [6.45, 7) is 3.90. The minimum Gasteiger partial charge on any atom is -0.379 e. The van der Waals surface area contributed by atoms with E-state index in [1.54, 1.807) is 30.0 Å². The molecule has 4 rings (SSSR count). The van der Waals surface area contributed by atoms with Crippen molar-refractivity contribution in [2.45, 2.75) is 17.9 Å². The predicted octanol–water partition coefficient (Wildman–Crippen LogP) is -1.17. The number of amides is 1. The summed E-state index contributed by atoms with van der Waals surface area (Å²) in [5.41, 5.74) is 0.434. The third-order valence-corrected chi connectivity index (χ3v) is 8.95. The number of benzene rings is 1. The summed E-state index contributed by atoms with van der Waals surface area (Å²) in [6.07, 6.45) is 0. The number of nitrogens with zero attached hydrogens (tertiary/aromatic N) is 4. The van der Waals surface area contributed by atoms with Crippen LogP contribution in [0.15, 0.2) is 34.2 Å². The van der Waals surface area contributed by atoms with E-state index in [0.29, 0.717) is 31.9 Å². The SMILES string of the molecule is C[C@H](N=C1NS(=O)(=O)c2ccccc21)C(=O)N1CCN(S(=O)(=O)N2CCOCC2)CC1. The van der Waals surface area contributed by atoms with E-state index < -0.39 is 26.3 Å². The number of hydrogen-bond acceptors (Lipinski definition) is 7. The monoisotopic (exact) mass is 471 g/mol. The number of fused-ring (bicyclic) bond motifs is 1. The number of rotatable bonds is 4. The Morgan fingerprint density at radius 3 is 2.35 bits per heavy atom. The highest BCUT2D eigenvalue weighted by molar-refractivity contribution is 7.90. The van der Waals surface area contributed by atoms with Gasteiger partial charge in [0, 0.05) is 44.8 Å². The smallest absolute Gasteiger partial charge is 0.282 e. The summed E-state index contributed by atoms with van der Waals surface area (Å²) in [4.78, 5) is 18.9. The van der Waals surface area contributed by atoms with Gasteiger partial charge in [-0.2, -0.15) is 17.0 Å². The van der Waals surface area contributed by atoms with Crippen molar-refractivity contribution in [1.29, 1.82) is 0 Å².